The topological polar surface area (TPSA) is 73.4 Å². The summed E-state index contributed by atoms with van der Waals surface area (Å²) in [4.78, 5) is 23.4. The molecule has 7 heteroatoms. The van der Waals surface area contributed by atoms with Crippen molar-refractivity contribution in [2.75, 3.05) is 27.2 Å². The van der Waals surface area contributed by atoms with Gasteiger partial charge in [-0.25, -0.2) is 14.8 Å². The maximum absolute atomic E-state index is 12.4. The van der Waals surface area contributed by atoms with Gasteiger partial charge < -0.3 is 14.1 Å². The van der Waals surface area contributed by atoms with Crippen molar-refractivity contribution < 1.29 is 9.15 Å². The molecule has 4 rings (SSSR count). The molecule has 0 aliphatic carbocycles. The Morgan fingerprint density at radius 1 is 1.10 bits per heavy atom. The van der Waals surface area contributed by atoms with Gasteiger partial charge in [-0.2, -0.15) is 0 Å². The summed E-state index contributed by atoms with van der Waals surface area (Å²) < 4.78 is 12.8. The minimum atomic E-state index is -0.360. The minimum Gasteiger partial charge on any atom is -0.490 e. The van der Waals surface area contributed by atoms with E-state index in [9.17, 15) is 4.79 Å². The fraction of sp³-hybridized carbons (Fsp3) is 0.292. The Morgan fingerprint density at radius 2 is 1.87 bits per heavy atom. The highest BCUT2D eigenvalue weighted by Gasteiger charge is 2.12. The number of aryl methyl sites for hydroxylation is 1. The summed E-state index contributed by atoms with van der Waals surface area (Å²) >= 11 is 0. The molecule has 0 radical (unpaired) electrons. The van der Waals surface area contributed by atoms with Crippen molar-refractivity contribution in [1.29, 1.82) is 0 Å². The number of hydrogen-bond acceptors (Lipinski definition) is 6. The first-order valence-corrected chi connectivity index (χ1v) is 10.3. The van der Waals surface area contributed by atoms with E-state index in [4.69, 9.17) is 9.15 Å². The van der Waals surface area contributed by atoms with Crippen LogP contribution in [0.5, 0.6) is 5.75 Å². The van der Waals surface area contributed by atoms with E-state index in [1.807, 2.05) is 63.5 Å². The molecule has 2 aromatic heterocycles. The molecule has 0 amide bonds. The lowest BCUT2D eigenvalue weighted by Gasteiger charge is -2.10. The van der Waals surface area contributed by atoms with E-state index in [2.05, 4.69) is 14.9 Å². The van der Waals surface area contributed by atoms with Gasteiger partial charge in [-0.05, 0) is 50.7 Å². The highest BCUT2D eigenvalue weighted by atomic mass is 16.5. The van der Waals surface area contributed by atoms with Crippen molar-refractivity contribution in [3.05, 3.63) is 76.5 Å². The molecule has 0 N–H and O–H groups in total. The van der Waals surface area contributed by atoms with Crippen molar-refractivity contribution >= 4 is 11.1 Å². The molecular formula is C24H26N4O3. The first kappa shape index (κ1) is 20.8. The number of para-hydroxylation sites is 1. The van der Waals surface area contributed by atoms with E-state index in [1.165, 1.54) is 0 Å². The van der Waals surface area contributed by atoms with Crippen LogP contribution < -0.4 is 10.5 Å². The molecule has 31 heavy (non-hydrogen) atoms. The summed E-state index contributed by atoms with van der Waals surface area (Å²) in [5.41, 5.74) is 4.28. The third-order valence-corrected chi connectivity index (χ3v) is 5.06. The summed E-state index contributed by atoms with van der Waals surface area (Å²) in [6.07, 6.45) is 4.34. The Bertz CT molecular complexity index is 1230. The van der Waals surface area contributed by atoms with E-state index in [1.54, 1.807) is 17.0 Å². The first-order valence-electron chi connectivity index (χ1n) is 10.3. The van der Waals surface area contributed by atoms with Gasteiger partial charge in [-0.1, -0.05) is 30.3 Å². The molecule has 160 valence electrons. The van der Waals surface area contributed by atoms with Crippen molar-refractivity contribution in [3.63, 3.8) is 0 Å². The summed E-state index contributed by atoms with van der Waals surface area (Å²) in [7, 11) is 4.08. The maximum atomic E-state index is 12.4. The number of oxazole rings is 1. The third kappa shape index (κ3) is 4.83. The highest BCUT2D eigenvalue weighted by Crippen LogP contribution is 2.21. The van der Waals surface area contributed by atoms with Gasteiger partial charge in [0.1, 0.15) is 0 Å². The molecule has 4 aromatic rings. The van der Waals surface area contributed by atoms with Crippen molar-refractivity contribution in [2.45, 2.75) is 19.9 Å². The zero-order chi connectivity index (χ0) is 21.8. The van der Waals surface area contributed by atoms with E-state index in [0.29, 0.717) is 30.3 Å². The second kappa shape index (κ2) is 9.14. The Kier molecular flexibility index (Phi) is 6.13. The van der Waals surface area contributed by atoms with Gasteiger partial charge in [0.05, 0.1) is 31.1 Å². The van der Waals surface area contributed by atoms with Gasteiger partial charge in [-0.3, -0.25) is 4.57 Å². The third-order valence-electron chi connectivity index (χ3n) is 5.06. The zero-order valence-electron chi connectivity index (χ0n) is 18.0. The van der Waals surface area contributed by atoms with Crippen LogP contribution in [0.1, 0.15) is 17.5 Å². The molecule has 7 nitrogen and oxygen atoms in total. The highest BCUT2D eigenvalue weighted by molar-refractivity contribution is 5.76. The monoisotopic (exact) mass is 418 g/mol. The van der Waals surface area contributed by atoms with Crippen LogP contribution >= 0.6 is 0 Å². The predicted octanol–water partition coefficient (Wildman–Crippen LogP) is 3.74. The number of hydrogen-bond donors (Lipinski definition) is 0. The molecule has 0 aliphatic heterocycles. The number of rotatable bonds is 8. The van der Waals surface area contributed by atoms with E-state index >= 15 is 0 Å². The molecule has 2 aromatic carbocycles. The molecule has 0 bridgehead atoms. The first-order chi connectivity index (χ1) is 15.0. The second-order valence-electron chi connectivity index (χ2n) is 7.82. The maximum Gasteiger partial charge on any atom is 0.420 e. The van der Waals surface area contributed by atoms with Crippen LogP contribution in [0.2, 0.25) is 0 Å². The molecule has 0 saturated heterocycles. The van der Waals surface area contributed by atoms with Crippen LogP contribution in [0.4, 0.5) is 0 Å². The van der Waals surface area contributed by atoms with Gasteiger partial charge in [0.2, 0.25) is 0 Å². The molecule has 2 heterocycles. The fourth-order valence-corrected chi connectivity index (χ4v) is 3.55. The smallest absolute Gasteiger partial charge is 0.420 e. The van der Waals surface area contributed by atoms with E-state index < -0.39 is 0 Å². The fourth-order valence-electron chi connectivity index (χ4n) is 3.55. The molecule has 0 atom stereocenters. The van der Waals surface area contributed by atoms with Gasteiger partial charge in [-0.15, -0.1) is 0 Å². The van der Waals surface area contributed by atoms with Crippen LogP contribution in [0.15, 0.2) is 64.1 Å². The lowest BCUT2D eigenvalue weighted by Crippen LogP contribution is -2.15. The summed E-state index contributed by atoms with van der Waals surface area (Å²) in [5, 5.41) is 0. The van der Waals surface area contributed by atoms with Crippen LogP contribution in [0, 0.1) is 6.92 Å². The second-order valence-corrected chi connectivity index (χ2v) is 7.82. The van der Waals surface area contributed by atoms with Crippen LogP contribution in [0.3, 0.4) is 0 Å². The van der Waals surface area contributed by atoms with Crippen molar-refractivity contribution in [1.82, 2.24) is 19.4 Å². The summed E-state index contributed by atoms with van der Waals surface area (Å²) in [6.45, 7) is 3.99. The number of fused-ring (bicyclic) bond motifs is 1. The Hall–Kier alpha value is -3.45. The molecule has 0 saturated carbocycles. The zero-order valence-corrected chi connectivity index (χ0v) is 18.0. The molecule has 0 unspecified atom stereocenters. The average Bonchev–Trinajstić information content (AvgIpc) is 3.08. The quantitative estimate of drug-likeness (QED) is 0.406. The predicted molar refractivity (Wildman–Crippen MR) is 120 cm³/mol. The average molecular weight is 418 g/mol. The lowest BCUT2D eigenvalue weighted by atomic mass is 10.1. The number of aromatic nitrogens is 3. The number of ether oxygens (including phenoxy) is 1. The van der Waals surface area contributed by atoms with Gasteiger partial charge in [0.25, 0.3) is 0 Å². The van der Waals surface area contributed by atoms with E-state index in [0.717, 1.165) is 35.2 Å². The van der Waals surface area contributed by atoms with E-state index in [-0.39, 0.29) is 5.76 Å². The van der Waals surface area contributed by atoms with Crippen LogP contribution in [0.25, 0.3) is 22.5 Å². The number of nitrogens with zero attached hydrogens (tertiary/aromatic N) is 4. The standard InChI is InChI=1S/C24H26N4O3/c1-17-7-4-10-21-22(17)28(24(29)31-21)16-18-8-5-9-19(13-18)23-25-14-20(15-26-23)30-12-6-11-27(2)3/h4-5,7-10,13-15H,6,11-12,16H2,1-3H3. The van der Waals surface area contributed by atoms with Crippen molar-refractivity contribution in [2.24, 2.45) is 0 Å². The molecular weight excluding hydrogens is 392 g/mol. The SMILES string of the molecule is Cc1cccc2oc(=O)n(Cc3cccc(-c4ncc(OCCCN(C)C)cn4)c3)c12. The molecule has 0 fully saturated rings. The lowest BCUT2D eigenvalue weighted by molar-refractivity contribution is 0.280. The number of benzene rings is 2. The summed E-state index contributed by atoms with van der Waals surface area (Å²) in [6, 6.07) is 13.6. The van der Waals surface area contributed by atoms with Crippen molar-refractivity contribution in [3.8, 4) is 17.1 Å². The minimum absolute atomic E-state index is 0.360. The van der Waals surface area contributed by atoms with Crippen LogP contribution in [-0.2, 0) is 6.54 Å². The normalized spacial score (nSPS) is 11.4. The molecule has 0 aliphatic rings. The van der Waals surface area contributed by atoms with Gasteiger partial charge in [0, 0.05) is 12.1 Å². The Morgan fingerprint density at radius 3 is 2.65 bits per heavy atom. The Balaban J connectivity index is 1.50. The Labute approximate surface area is 180 Å². The van der Waals surface area contributed by atoms with Crippen LogP contribution in [-0.4, -0.2) is 46.7 Å². The summed E-state index contributed by atoms with van der Waals surface area (Å²) in [5.74, 6) is 0.912. The largest absolute Gasteiger partial charge is 0.490 e. The van der Waals surface area contributed by atoms with Gasteiger partial charge in [0.15, 0.2) is 17.2 Å². The van der Waals surface area contributed by atoms with Gasteiger partial charge >= 0.3 is 5.76 Å². The molecule has 0 spiro atoms.